The molecule has 3 rings (SSSR count). The number of ether oxygens (including phenoxy) is 2. The fourth-order valence-corrected chi connectivity index (χ4v) is 2.82. The molecule has 2 fully saturated rings. The molecular formula is C17H25ClN4O5. The number of benzene rings is 1. The van der Waals surface area contributed by atoms with Crippen molar-refractivity contribution >= 4 is 29.9 Å². The van der Waals surface area contributed by atoms with Gasteiger partial charge in [-0.3, -0.25) is 14.5 Å². The predicted molar refractivity (Wildman–Crippen MR) is 101 cm³/mol. The Bertz CT molecular complexity index is 648. The lowest BCUT2D eigenvalue weighted by molar-refractivity contribution is -0.118. The zero-order chi connectivity index (χ0) is 18.4. The van der Waals surface area contributed by atoms with Crippen LogP contribution in [0.25, 0.3) is 0 Å². The minimum absolute atomic E-state index is 0. The van der Waals surface area contributed by atoms with Crippen LogP contribution in [0, 0.1) is 0 Å². The van der Waals surface area contributed by atoms with Gasteiger partial charge in [0.25, 0.3) is 5.91 Å². The standard InChI is InChI=1S/C17H24N4O5.ClH/c18-17(23)14-2-1-13(11-15(14)26-21-5-9-25-10-6-21)19-16(22)12-20-3-7-24-8-4-20;/h1-2,11H,3-10,12H2,(H2,18,23)(H,19,22);1H. The lowest BCUT2D eigenvalue weighted by Gasteiger charge is -2.27. The fourth-order valence-electron chi connectivity index (χ4n) is 2.82. The largest absolute Gasteiger partial charge is 0.405 e. The molecule has 0 bridgehead atoms. The number of hydroxylamine groups is 2. The molecule has 150 valence electrons. The maximum absolute atomic E-state index is 12.2. The molecular weight excluding hydrogens is 376 g/mol. The summed E-state index contributed by atoms with van der Waals surface area (Å²) in [6, 6.07) is 4.82. The number of hydrogen-bond acceptors (Lipinski definition) is 7. The van der Waals surface area contributed by atoms with Gasteiger partial charge in [-0.25, -0.2) is 0 Å². The molecule has 0 saturated carbocycles. The van der Waals surface area contributed by atoms with Crippen LogP contribution in [0.15, 0.2) is 18.2 Å². The zero-order valence-corrected chi connectivity index (χ0v) is 15.8. The molecule has 0 atom stereocenters. The number of rotatable bonds is 6. The molecule has 2 aliphatic heterocycles. The quantitative estimate of drug-likeness (QED) is 0.697. The van der Waals surface area contributed by atoms with E-state index in [1.54, 1.807) is 23.3 Å². The Labute approximate surface area is 164 Å². The minimum atomic E-state index is -0.584. The molecule has 0 aliphatic carbocycles. The van der Waals surface area contributed by atoms with E-state index < -0.39 is 5.91 Å². The molecule has 3 N–H and O–H groups in total. The second-order valence-electron chi connectivity index (χ2n) is 6.14. The minimum Gasteiger partial charge on any atom is -0.405 e. The average Bonchev–Trinajstić information content (AvgIpc) is 2.63. The number of morpholine rings is 2. The first-order valence-electron chi connectivity index (χ1n) is 8.66. The van der Waals surface area contributed by atoms with Crippen LogP contribution < -0.4 is 15.9 Å². The van der Waals surface area contributed by atoms with Crippen molar-refractivity contribution in [1.29, 1.82) is 0 Å². The summed E-state index contributed by atoms with van der Waals surface area (Å²) in [6.45, 7) is 5.33. The average molecular weight is 401 g/mol. The highest BCUT2D eigenvalue weighted by atomic mass is 35.5. The SMILES string of the molecule is Cl.NC(=O)c1ccc(NC(=O)CN2CCOCC2)cc1ON1CCOCC1. The second-order valence-corrected chi connectivity index (χ2v) is 6.14. The fraction of sp³-hybridized carbons (Fsp3) is 0.529. The Balaban J connectivity index is 0.00000261. The molecule has 0 unspecified atom stereocenters. The molecule has 0 aromatic heterocycles. The number of amides is 2. The van der Waals surface area contributed by atoms with Gasteiger partial charge in [0.2, 0.25) is 5.91 Å². The number of nitrogens with two attached hydrogens (primary N) is 1. The van der Waals surface area contributed by atoms with Gasteiger partial charge in [-0.15, -0.1) is 17.5 Å². The number of hydrogen-bond donors (Lipinski definition) is 2. The van der Waals surface area contributed by atoms with Crippen LogP contribution in [-0.2, 0) is 14.3 Å². The summed E-state index contributed by atoms with van der Waals surface area (Å²) in [5, 5.41) is 4.55. The molecule has 1 aromatic rings. The van der Waals surface area contributed by atoms with Gasteiger partial charge in [-0.1, -0.05) is 0 Å². The van der Waals surface area contributed by atoms with Gasteiger partial charge < -0.3 is 25.4 Å². The summed E-state index contributed by atoms with van der Waals surface area (Å²) in [4.78, 5) is 31.7. The van der Waals surface area contributed by atoms with E-state index in [1.807, 2.05) is 4.90 Å². The number of carbonyl (C=O) groups excluding carboxylic acids is 2. The van der Waals surface area contributed by atoms with Crippen molar-refractivity contribution in [3.05, 3.63) is 23.8 Å². The summed E-state index contributed by atoms with van der Waals surface area (Å²) in [7, 11) is 0. The van der Waals surface area contributed by atoms with Crippen molar-refractivity contribution in [2.75, 3.05) is 64.5 Å². The van der Waals surface area contributed by atoms with Crippen molar-refractivity contribution in [3.8, 4) is 5.75 Å². The highest BCUT2D eigenvalue weighted by molar-refractivity contribution is 5.97. The highest BCUT2D eigenvalue weighted by Gasteiger charge is 2.18. The van der Waals surface area contributed by atoms with Crippen molar-refractivity contribution in [2.24, 2.45) is 5.73 Å². The second kappa shape index (κ2) is 10.4. The van der Waals surface area contributed by atoms with Crippen LogP contribution in [0.3, 0.4) is 0 Å². The van der Waals surface area contributed by atoms with Gasteiger partial charge in [0.15, 0.2) is 5.75 Å². The van der Waals surface area contributed by atoms with Crippen molar-refractivity contribution in [1.82, 2.24) is 9.96 Å². The summed E-state index contributed by atoms with van der Waals surface area (Å²) in [5.41, 5.74) is 6.25. The first-order valence-corrected chi connectivity index (χ1v) is 8.66. The molecule has 2 heterocycles. The third-order valence-electron chi connectivity index (χ3n) is 4.20. The number of halogens is 1. The Morgan fingerprint density at radius 2 is 1.70 bits per heavy atom. The first kappa shape index (κ1) is 21.4. The molecule has 0 spiro atoms. The third-order valence-corrected chi connectivity index (χ3v) is 4.20. The Morgan fingerprint density at radius 3 is 2.33 bits per heavy atom. The van der Waals surface area contributed by atoms with E-state index in [4.69, 9.17) is 20.0 Å². The summed E-state index contributed by atoms with van der Waals surface area (Å²) < 4.78 is 10.6. The van der Waals surface area contributed by atoms with E-state index in [1.165, 1.54) is 0 Å². The van der Waals surface area contributed by atoms with Crippen LogP contribution in [0.5, 0.6) is 5.75 Å². The van der Waals surface area contributed by atoms with Crippen LogP contribution in [0.4, 0.5) is 5.69 Å². The predicted octanol–water partition coefficient (Wildman–Crippen LogP) is 0.104. The van der Waals surface area contributed by atoms with E-state index in [-0.39, 0.29) is 23.9 Å². The Morgan fingerprint density at radius 1 is 1.07 bits per heavy atom. The lowest BCUT2D eigenvalue weighted by Crippen LogP contribution is -2.41. The van der Waals surface area contributed by atoms with Gasteiger partial charge in [-0.05, 0) is 12.1 Å². The third kappa shape index (κ3) is 6.33. The molecule has 10 heteroatoms. The van der Waals surface area contributed by atoms with Crippen molar-refractivity contribution in [2.45, 2.75) is 0 Å². The van der Waals surface area contributed by atoms with Crippen LogP contribution >= 0.6 is 12.4 Å². The van der Waals surface area contributed by atoms with Crippen molar-refractivity contribution < 1.29 is 23.9 Å². The van der Waals surface area contributed by atoms with Gasteiger partial charge in [0.1, 0.15) is 0 Å². The molecule has 0 radical (unpaired) electrons. The summed E-state index contributed by atoms with van der Waals surface area (Å²) in [6.07, 6.45) is 0. The topological polar surface area (TPSA) is 106 Å². The maximum atomic E-state index is 12.2. The highest BCUT2D eigenvalue weighted by Crippen LogP contribution is 2.24. The zero-order valence-electron chi connectivity index (χ0n) is 15.0. The normalized spacial score (nSPS) is 18.4. The van der Waals surface area contributed by atoms with E-state index in [0.717, 1.165) is 13.1 Å². The monoisotopic (exact) mass is 400 g/mol. The van der Waals surface area contributed by atoms with E-state index in [2.05, 4.69) is 5.32 Å². The smallest absolute Gasteiger partial charge is 0.252 e. The van der Waals surface area contributed by atoms with Crippen LogP contribution in [0.2, 0.25) is 0 Å². The molecule has 2 amide bonds. The molecule has 2 aliphatic rings. The summed E-state index contributed by atoms with van der Waals surface area (Å²) in [5.74, 6) is -0.390. The maximum Gasteiger partial charge on any atom is 0.252 e. The van der Waals surface area contributed by atoms with Crippen LogP contribution in [-0.4, -0.2) is 80.9 Å². The van der Waals surface area contributed by atoms with Crippen molar-refractivity contribution in [3.63, 3.8) is 0 Å². The van der Waals surface area contributed by atoms with Gasteiger partial charge >= 0.3 is 0 Å². The number of primary amides is 1. The molecule has 9 nitrogen and oxygen atoms in total. The molecule has 1 aromatic carbocycles. The molecule has 27 heavy (non-hydrogen) atoms. The number of anilines is 1. The van der Waals surface area contributed by atoms with Gasteiger partial charge in [-0.2, -0.15) is 0 Å². The Kier molecular flexibility index (Phi) is 8.26. The van der Waals surface area contributed by atoms with Gasteiger partial charge in [0, 0.05) is 24.8 Å². The van der Waals surface area contributed by atoms with Gasteiger partial charge in [0.05, 0.1) is 51.6 Å². The summed E-state index contributed by atoms with van der Waals surface area (Å²) >= 11 is 0. The number of nitrogens with zero attached hydrogens (tertiary/aromatic N) is 2. The number of nitrogens with one attached hydrogen (secondary N) is 1. The lowest BCUT2D eigenvalue weighted by atomic mass is 10.1. The van der Waals surface area contributed by atoms with E-state index in [9.17, 15) is 9.59 Å². The Hall–Kier alpha value is -1.91. The molecule has 2 saturated heterocycles. The van der Waals surface area contributed by atoms with Crippen LogP contribution in [0.1, 0.15) is 10.4 Å². The number of carbonyl (C=O) groups is 2. The van der Waals surface area contributed by atoms with E-state index >= 15 is 0 Å². The van der Waals surface area contributed by atoms with E-state index in [0.29, 0.717) is 57.5 Å². The first-order chi connectivity index (χ1) is 12.6.